The van der Waals surface area contributed by atoms with Crippen molar-refractivity contribution < 1.29 is 4.79 Å². The van der Waals surface area contributed by atoms with Gasteiger partial charge >= 0.3 is 0 Å². The molecule has 0 aliphatic rings. The van der Waals surface area contributed by atoms with Gasteiger partial charge in [-0.2, -0.15) is 0 Å². The van der Waals surface area contributed by atoms with Gasteiger partial charge in [-0.25, -0.2) is 0 Å². The highest BCUT2D eigenvalue weighted by atomic mass is 79.9. The van der Waals surface area contributed by atoms with E-state index in [1.54, 1.807) is 0 Å². The maximum atomic E-state index is 12.1. The molecule has 4 heteroatoms. The van der Waals surface area contributed by atoms with Crippen LogP contribution in [0.3, 0.4) is 0 Å². The van der Waals surface area contributed by atoms with Crippen LogP contribution in [0.1, 0.15) is 38.1 Å². The number of hydrogen-bond donors (Lipinski definition) is 1. The third-order valence-electron chi connectivity index (χ3n) is 3.39. The number of hydrogen-bond acceptors (Lipinski definition) is 1. The summed E-state index contributed by atoms with van der Waals surface area (Å²) in [5.41, 5.74) is 0.759. The summed E-state index contributed by atoms with van der Waals surface area (Å²) in [6.45, 7) is 9.33. The molecule has 0 spiro atoms. The minimum Gasteiger partial charge on any atom is -0.351 e. The van der Waals surface area contributed by atoms with Gasteiger partial charge in [-0.1, -0.05) is 59.6 Å². The first-order valence-electron chi connectivity index (χ1n) is 5.96. The van der Waals surface area contributed by atoms with Crippen molar-refractivity contribution in [1.82, 2.24) is 5.32 Å². The normalized spacial score (nSPS) is 11.7. The smallest absolute Gasteiger partial charge is 0.251 e. The fraction of sp³-hybridized carbons (Fsp3) is 0.500. The molecule has 0 aliphatic carbocycles. The Hall–Kier alpha value is -0.350. The lowest BCUT2D eigenvalue weighted by Gasteiger charge is -2.29. The minimum absolute atomic E-state index is 0.0364. The van der Waals surface area contributed by atoms with Gasteiger partial charge in [0.1, 0.15) is 0 Å². The Labute approximate surface area is 126 Å². The molecule has 0 unspecified atom stereocenters. The van der Waals surface area contributed by atoms with Crippen LogP contribution in [-0.2, 0) is 0 Å². The Morgan fingerprint density at radius 3 is 2.17 bits per heavy atom. The van der Waals surface area contributed by atoms with Crippen molar-refractivity contribution in [3.63, 3.8) is 0 Å². The second-order valence-corrected chi connectivity index (χ2v) is 7.32. The third kappa shape index (κ3) is 4.39. The fourth-order valence-electron chi connectivity index (χ4n) is 1.30. The van der Waals surface area contributed by atoms with Crippen LogP contribution in [0.25, 0.3) is 0 Å². The summed E-state index contributed by atoms with van der Waals surface area (Å²) in [5.74, 6) is 0.484. The van der Waals surface area contributed by atoms with Crippen LogP contribution in [-0.4, -0.2) is 12.5 Å². The molecular formula is C14H19Br2NO. The summed E-state index contributed by atoms with van der Waals surface area (Å²) < 4.78 is 1.79. The van der Waals surface area contributed by atoms with E-state index in [9.17, 15) is 4.79 Å². The molecule has 2 nitrogen and oxygen atoms in total. The molecule has 1 rings (SSSR count). The first-order chi connectivity index (χ1) is 8.22. The Morgan fingerprint density at radius 1 is 1.22 bits per heavy atom. The predicted octanol–water partition coefficient (Wildman–Crippen LogP) is 4.62. The molecule has 0 fully saturated rings. The summed E-state index contributed by atoms with van der Waals surface area (Å²) in [4.78, 5) is 12.1. The Kier molecular flexibility index (Phi) is 5.41. The first kappa shape index (κ1) is 15.7. The van der Waals surface area contributed by atoms with Crippen molar-refractivity contribution in [2.24, 2.45) is 11.3 Å². The van der Waals surface area contributed by atoms with E-state index in [-0.39, 0.29) is 11.3 Å². The van der Waals surface area contributed by atoms with E-state index in [0.29, 0.717) is 18.0 Å². The molecule has 1 N–H and O–H groups in total. The van der Waals surface area contributed by atoms with E-state index < -0.39 is 0 Å². The van der Waals surface area contributed by atoms with Crippen molar-refractivity contribution in [2.45, 2.75) is 27.7 Å². The number of rotatable bonds is 4. The van der Waals surface area contributed by atoms with Crippen LogP contribution in [0.15, 0.2) is 27.1 Å². The average molecular weight is 377 g/mol. The maximum Gasteiger partial charge on any atom is 0.251 e. The van der Waals surface area contributed by atoms with Crippen LogP contribution in [0, 0.1) is 11.3 Å². The van der Waals surface area contributed by atoms with Gasteiger partial charge in [-0.3, -0.25) is 4.79 Å². The number of carbonyl (C=O) groups excluding carboxylic acids is 1. The molecular weight excluding hydrogens is 358 g/mol. The van der Waals surface area contributed by atoms with E-state index in [4.69, 9.17) is 0 Å². The van der Waals surface area contributed by atoms with E-state index in [1.165, 1.54) is 0 Å². The van der Waals surface area contributed by atoms with E-state index in [1.807, 2.05) is 18.2 Å². The number of nitrogens with one attached hydrogen (secondary N) is 1. The number of amides is 1. The fourth-order valence-corrected chi connectivity index (χ4v) is 2.59. The van der Waals surface area contributed by atoms with Gasteiger partial charge in [0.15, 0.2) is 0 Å². The summed E-state index contributed by atoms with van der Waals surface area (Å²) in [6, 6.07) is 5.56. The molecule has 0 heterocycles. The summed E-state index contributed by atoms with van der Waals surface area (Å²) in [6.07, 6.45) is 0. The van der Waals surface area contributed by atoms with Gasteiger partial charge in [0.2, 0.25) is 0 Å². The number of carbonyl (C=O) groups is 1. The molecule has 18 heavy (non-hydrogen) atoms. The molecule has 0 bridgehead atoms. The number of halogens is 2. The third-order valence-corrected chi connectivity index (χ3v) is 4.31. The lowest BCUT2D eigenvalue weighted by Crippen LogP contribution is -2.36. The molecule has 1 amide bonds. The first-order valence-corrected chi connectivity index (χ1v) is 7.55. The SMILES string of the molecule is CC(C)C(C)(C)CNC(=O)c1cc(Br)cc(Br)c1. The van der Waals surface area contributed by atoms with Gasteiger partial charge in [-0.05, 0) is 29.5 Å². The largest absolute Gasteiger partial charge is 0.351 e. The Bertz CT molecular complexity index is 421. The molecule has 100 valence electrons. The summed E-state index contributed by atoms with van der Waals surface area (Å²) in [7, 11) is 0. The molecule has 0 saturated carbocycles. The highest BCUT2D eigenvalue weighted by molar-refractivity contribution is 9.11. The van der Waals surface area contributed by atoms with Crippen molar-refractivity contribution >= 4 is 37.8 Å². The monoisotopic (exact) mass is 375 g/mol. The van der Waals surface area contributed by atoms with Crippen molar-refractivity contribution in [3.8, 4) is 0 Å². The molecule has 0 saturated heterocycles. The molecule has 0 aliphatic heterocycles. The van der Waals surface area contributed by atoms with Gasteiger partial charge in [0.25, 0.3) is 5.91 Å². The lowest BCUT2D eigenvalue weighted by molar-refractivity contribution is 0.0924. The van der Waals surface area contributed by atoms with Gasteiger partial charge in [0, 0.05) is 21.1 Å². The highest BCUT2D eigenvalue weighted by Crippen LogP contribution is 2.25. The standard InChI is InChI=1S/C14H19Br2NO/c1-9(2)14(3,4)8-17-13(18)10-5-11(15)7-12(16)6-10/h5-7,9H,8H2,1-4H3,(H,17,18). The van der Waals surface area contributed by atoms with Crippen molar-refractivity contribution in [2.75, 3.05) is 6.54 Å². The van der Waals surface area contributed by atoms with Gasteiger partial charge < -0.3 is 5.32 Å². The van der Waals surface area contributed by atoms with Gasteiger partial charge in [0.05, 0.1) is 0 Å². The molecule has 0 radical (unpaired) electrons. The van der Waals surface area contributed by atoms with Crippen LogP contribution in [0.5, 0.6) is 0 Å². The molecule has 1 aromatic carbocycles. The van der Waals surface area contributed by atoms with Crippen molar-refractivity contribution in [1.29, 1.82) is 0 Å². The Balaban J connectivity index is 2.72. The van der Waals surface area contributed by atoms with E-state index in [2.05, 4.69) is 64.9 Å². The lowest BCUT2D eigenvalue weighted by atomic mass is 9.81. The quantitative estimate of drug-likeness (QED) is 0.815. The second kappa shape index (κ2) is 6.20. The molecule has 0 atom stereocenters. The zero-order valence-electron chi connectivity index (χ0n) is 11.2. The summed E-state index contributed by atoms with van der Waals surface area (Å²) in [5, 5.41) is 2.99. The zero-order chi connectivity index (χ0) is 13.9. The second-order valence-electron chi connectivity index (χ2n) is 5.48. The van der Waals surface area contributed by atoms with E-state index >= 15 is 0 Å². The molecule has 0 aromatic heterocycles. The van der Waals surface area contributed by atoms with Crippen LogP contribution < -0.4 is 5.32 Å². The topological polar surface area (TPSA) is 29.1 Å². The van der Waals surface area contributed by atoms with Crippen molar-refractivity contribution in [3.05, 3.63) is 32.7 Å². The molecule has 1 aromatic rings. The van der Waals surface area contributed by atoms with Crippen LogP contribution in [0.4, 0.5) is 0 Å². The van der Waals surface area contributed by atoms with E-state index in [0.717, 1.165) is 8.95 Å². The maximum absolute atomic E-state index is 12.1. The van der Waals surface area contributed by atoms with Crippen LogP contribution >= 0.6 is 31.9 Å². The minimum atomic E-state index is -0.0364. The predicted molar refractivity (Wildman–Crippen MR) is 82.8 cm³/mol. The zero-order valence-corrected chi connectivity index (χ0v) is 14.4. The van der Waals surface area contributed by atoms with Gasteiger partial charge in [-0.15, -0.1) is 0 Å². The number of benzene rings is 1. The Morgan fingerprint density at radius 2 is 1.72 bits per heavy atom. The summed E-state index contributed by atoms with van der Waals surface area (Å²) >= 11 is 6.77. The average Bonchev–Trinajstić information content (AvgIpc) is 2.24. The highest BCUT2D eigenvalue weighted by Gasteiger charge is 2.23. The van der Waals surface area contributed by atoms with Crippen LogP contribution in [0.2, 0.25) is 0 Å².